The number of aromatic carboxylic acids is 1. The summed E-state index contributed by atoms with van der Waals surface area (Å²) in [6.07, 6.45) is 2.23. The highest BCUT2D eigenvalue weighted by Crippen LogP contribution is 2.27. The van der Waals surface area contributed by atoms with Gasteiger partial charge in [-0.15, -0.1) is 11.3 Å². The van der Waals surface area contributed by atoms with Crippen molar-refractivity contribution in [2.24, 2.45) is 0 Å². The summed E-state index contributed by atoms with van der Waals surface area (Å²) in [7, 11) is 0. The van der Waals surface area contributed by atoms with Gasteiger partial charge in [0.25, 0.3) is 0 Å². The molecule has 2 nitrogen and oxygen atoms in total. The third kappa shape index (κ3) is 2.74. The molecule has 0 fully saturated rings. The molecule has 1 aromatic heterocycles. The first-order valence-corrected chi connectivity index (χ1v) is 6.50. The maximum absolute atomic E-state index is 10.8. The molecule has 0 bridgehead atoms. The molecule has 1 heterocycles. The van der Waals surface area contributed by atoms with Crippen molar-refractivity contribution in [2.45, 2.75) is 19.8 Å². The number of rotatable bonds is 4. The summed E-state index contributed by atoms with van der Waals surface area (Å²) in [5.74, 6) is -0.866. The SMILES string of the molecule is CCCc1ccc(-c2cc(C(=O)O)cs2)cc1. The Labute approximate surface area is 105 Å². The van der Waals surface area contributed by atoms with E-state index in [1.54, 1.807) is 11.4 Å². The zero-order valence-electron chi connectivity index (χ0n) is 9.64. The third-order valence-corrected chi connectivity index (χ3v) is 3.60. The Hall–Kier alpha value is -1.61. The number of carbonyl (C=O) groups is 1. The average Bonchev–Trinajstić information content (AvgIpc) is 2.80. The fraction of sp³-hybridized carbons (Fsp3) is 0.214. The molecular weight excluding hydrogens is 232 g/mol. The molecule has 1 aromatic carbocycles. The van der Waals surface area contributed by atoms with Crippen LogP contribution < -0.4 is 0 Å². The van der Waals surface area contributed by atoms with Gasteiger partial charge in [-0.2, -0.15) is 0 Å². The largest absolute Gasteiger partial charge is 0.478 e. The van der Waals surface area contributed by atoms with E-state index in [2.05, 4.69) is 31.2 Å². The molecule has 0 saturated heterocycles. The van der Waals surface area contributed by atoms with Crippen LogP contribution in [0.15, 0.2) is 35.7 Å². The van der Waals surface area contributed by atoms with Gasteiger partial charge in [0.05, 0.1) is 5.56 Å². The lowest BCUT2D eigenvalue weighted by Crippen LogP contribution is -1.91. The molecule has 0 spiro atoms. The van der Waals surface area contributed by atoms with Crippen molar-refractivity contribution in [3.05, 3.63) is 46.8 Å². The van der Waals surface area contributed by atoms with Gasteiger partial charge in [-0.3, -0.25) is 0 Å². The first-order chi connectivity index (χ1) is 8.20. The average molecular weight is 246 g/mol. The number of hydrogen-bond acceptors (Lipinski definition) is 2. The van der Waals surface area contributed by atoms with E-state index in [1.807, 2.05) is 0 Å². The molecule has 17 heavy (non-hydrogen) atoms. The van der Waals surface area contributed by atoms with Crippen molar-refractivity contribution < 1.29 is 9.90 Å². The smallest absolute Gasteiger partial charge is 0.336 e. The van der Waals surface area contributed by atoms with E-state index in [0.717, 1.165) is 23.3 Å². The van der Waals surface area contributed by atoms with Crippen molar-refractivity contribution in [1.29, 1.82) is 0 Å². The molecule has 88 valence electrons. The van der Waals surface area contributed by atoms with Gasteiger partial charge in [0.2, 0.25) is 0 Å². The predicted molar refractivity (Wildman–Crippen MR) is 70.7 cm³/mol. The van der Waals surface area contributed by atoms with Crippen molar-refractivity contribution in [3.63, 3.8) is 0 Å². The van der Waals surface area contributed by atoms with E-state index >= 15 is 0 Å². The fourth-order valence-electron chi connectivity index (χ4n) is 1.72. The number of carboxylic acid groups (broad SMARTS) is 1. The zero-order chi connectivity index (χ0) is 12.3. The molecule has 0 saturated carbocycles. The quantitative estimate of drug-likeness (QED) is 0.883. The lowest BCUT2D eigenvalue weighted by Gasteiger charge is -2.00. The van der Waals surface area contributed by atoms with Crippen LogP contribution in [0.5, 0.6) is 0 Å². The van der Waals surface area contributed by atoms with Crippen LogP contribution in [0.4, 0.5) is 0 Å². The second-order valence-corrected chi connectivity index (χ2v) is 4.86. The van der Waals surface area contributed by atoms with Crippen molar-refractivity contribution in [3.8, 4) is 10.4 Å². The molecule has 0 amide bonds. The van der Waals surface area contributed by atoms with Crippen LogP contribution >= 0.6 is 11.3 Å². The summed E-state index contributed by atoms with van der Waals surface area (Å²) >= 11 is 1.47. The van der Waals surface area contributed by atoms with Gasteiger partial charge in [-0.05, 0) is 23.6 Å². The minimum absolute atomic E-state index is 0.364. The molecule has 0 atom stereocenters. The molecule has 2 aromatic rings. The van der Waals surface area contributed by atoms with Gasteiger partial charge in [-0.1, -0.05) is 37.6 Å². The van der Waals surface area contributed by atoms with Gasteiger partial charge in [-0.25, -0.2) is 4.79 Å². The number of aryl methyl sites for hydroxylation is 1. The van der Waals surface area contributed by atoms with Gasteiger partial charge in [0, 0.05) is 10.3 Å². The van der Waals surface area contributed by atoms with Crippen LogP contribution in [-0.2, 0) is 6.42 Å². The molecule has 2 rings (SSSR count). The minimum Gasteiger partial charge on any atom is -0.478 e. The number of thiophene rings is 1. The van der Waals surface area contributed by atoms with Crippen LogP contribution in [0.3, 0.4) is 0 Å². The standard InChI is InChI=1S/C14H14O2S/c1-2-3-10-4-6-11(7-5-10)13-8-12(9-17-13)14(15)16/h4-9H,2-3H2,1H3,(H,15,16). The van der Waals surface area contributed by atoms with Gasteiger partial charge < -0.3 is 5.11 Å². The zero-order valence-corrected chi connectivity index (χ0v) is 10.5. The van der Waals surface area contributed by atoms with E-state index in [-0.39, 0.29) is 0 Å². The van der Waals surface area contributed by atoms with Crippen LogP contribution in [0.1, 0.15) is 29.3 Å². The number of benzene rings is 1. The molecular formula is C14H14O2S. The molecule has 1 N–H and O–H groups in total. The van der Waals surface area contributed by atoms with E-state index in [4.69, 9.17) is 5.11 Å². The summed E-state index contributed by atoms with van der Waals surface area (Å²) < 4.78 is 0. The molecule has 0 radical (unpaired) electrons. The highest BCUT2D eigenvalue weighted by molar-refractivity contribution is 7.13. The Morgan fingerprint density at radius 2 is 2.00 bits per heavy atom. The van der Waals surface area contributed by atoms with Gasteiger partial charge in [0.1, 0.15) is 0 Å². The van der Waals surface area contributed by atoms with Crippen LogP contribution in [0.2, 0.25) is 0 Å². The predicted octanol–water partition coefficient (Wildman–Crippen LogP) is 4.07. The highest BCUT2D eigenvalue weighted by Gasteiger charge is 2.07. The minimum atomic E-state index is -0.866. The van der Waals surface area contributed by atoms with E-state index in [1.165, 1.54) is 16.9 Å². The lowest BCUT2D eigenvalue weighted by atomic mass is 10.1. The summed E-state index contributed by atoms with van der Waals surface area (Å²) in [5, 5.41) is 10.5. The normalized spacial score (nSPS) is 10.4. The lowest BCUT2D eigenvalue weighted by molar-refractivity contribution is 0.0697. The van der Waals surface area contributed by atoms with Crippen molar-refractivity contribution in [1.82, 2.24) is 0 Å². The summed E-state index contributed by atoms with van der Waals surface area (Å²) in [6.45, 7) is 2.16. The van der Waals surface area contributed by atoms with Crippen molar-refractivity contribution in [2.75, 3.05) is 0 Å². The molecule has 0 aliphatic heterocycles. The first-order valence-electron chi connectivity index (χ1n) is 5.62. The fourth-order valence-corrected chi connectivity index (χ4v) is 2.61. The second kappa shape index (κ2) is 5.15. The Balaban J connectivity index is 2.23. The topological polar surface area (TPSA) is 37.3 Å². The summed E-state index contributed by atoms with van der Waals surface area (Å²) in [6, 6.07) is 10.1. The van der Waals surface area contributed by atoms with E-state index in [0.29, 0.717) is 5.56 Å². The Bertz CT molecular complexity index is 511. The second-order valence-electron chi connectivity index (χ2n) is 3.95. The van der Waals surface area contributed by atoms with Crippen molar-refractivity contribution >= 4 is 17.3 Å². The molecule has 3 heteroatoms. The number of hydrogen-bond donors (Lipinski definition) is 1. The van der Waals surface area contributed by atoms with Crippen LogP contribution in [0, 0.1) is 0 Å². The molecule has 0 aliphatic rings. The maximum Gasteiger partial charge on any atom is 0.336 e. The first kappa shape index (κ1) is 11.9. The Morgan fingerprint density at radius 1 is 1.29 bits per heavy atom. The highest BCUT2D eigenvalue weighted by atomic mass is 32.1. The van der Waals surface area contributed by atoms with Crippen LogP contribution in [0.25, 0.3) is 10.4 Å². The van der Waals surface area contributed by atoms with Crippen LogP contribution in [-0.4, -0.2) is 11.1 Å². The third-order valence-electron chi connectivity index (χ3n) is 2.62. The molecule has 0 aliphatic carbocycles. The van der Waals surface area contributed by atoms with Gasteiger partial charge in [0.15, 0.2) is 0 Å². The van der Waals surface area contributed by atoms with Gasteiger partial charge >= 0.3 is 5.97 Å². The molecule has 0 unspecified atom stereocenters. The summed E-state index contributed by atoms with van der Waals surface area (Å²) in [5.41, 5.74) is 2.77. The summed E-state index contributed by atoms with van der Waals surface area (Å²) in [4.78, 5) is 11.8. The Kier molecular flexibility index (Phi) is 3.59. The Morgan fingerprint density at radius 3 is 2.53 bits per heavy atom. The van der Waals surface area contributed by atoms with E-state index in [9.17, 15) is 4.79 Å². The maximum atomic E-state index is 10.8. The monoisotopic (exact) mass is 246 g/mol. The van der Waals surface area contributed by atoms with E-state index < -0.39 is 5.97 Å². The number of carboxylic acids is 1.